The van der Waals surface area contributed by atoms with Gasteiger partial charge in [-0.3, -0.25) is 9.36 Å². The van der Waals surface area contributed by atoms with Gasteiger partial charge in [0, 0.05) is 12.3 Å². The predicted molar refractivity (Wildman–Crippen MR) is 58.7 cm³/mol. The number of ether oxygens (including phenoxy) is 1. The number of aliphatic hydroxyl groups is 2. The molecule has 0 aromatic heterocycles. The van der Waals surface area contributed by atoms with E-state index in [2.05, 4.69) is 4.74 Å². The monoisotopic (exact) mass is 254 g/mol. The van der Waals surface area contributed by atoms with Crippen LogP contribution in [0.5, 0.6) is 0 Å². The molecule has 0 saturated heterocycles. The molecular weight excluding hydrogens is 235 g/mol. The summed E-state index contributed by atoms with van der Waals surface area (Å²) in [7, 11) is -2.83. The molecule has 0 heterocycles. The fourth-order valence-electron chi connectivity index (χ4n) is 1.01. The van der Waals surface area contributed by atoms with Crippen molar-refractivity contribution in [1.29, 1.82) is 0 Å². The van der Waals surface area contributed by atoms with Crippen LogP contribution in [0.25, 0.3) is 0 Å². The molecule has 0 amide bonds. The molecule has 0 aromatic rings. The quantitative estimate of drug-likeness (QED) is 0.451. The Morgan fingerprint density at radius 1 is 1.25 bits per heavy atom. The highest BCUT2D eigenvalue weighted by Crippen LogP contribution is 2.46. The van der Waals surface area contributed by atoms with E-state index < -0.39 is 13.3 Å². The maximum atomic E-state index is 11.9. The molecule has 1 atom stereocenters. The number of aliphatic hydroxyl groups excluding tert-OH is 2. The van der Waals surface area contributed by atoms with E-state index in [1.165, 1.54) is 0 Å². The Kier molecular flexibility index (Phi) is 8.47. The summed E-state index contributed by atoms with van der Waals surface area (Å²) in [4.78, 5) is 11.1. The largest absolute Gasteiger partial charge is 0.463 e. The Morgan fingerprint density at radius 2 is 1.88 bits per heavy atom. The van der Waals surface area contributed by atoms with E-state index in [-0.39, 0.29) is 39.0 Å². The molecule has 1 unspecified atom stereocenters. The molecule has 16 heavy (non-hydrogen) atoms. The Balaban J connectivity index is 3.93. The molecule has 0 aromatic carbocycles. The summed E-state index contributed by atoms with van der Waals surface area (Å²) in [5, 5.41) is 17.0. The third-order valence-electron chi connectivity index (χ3n) is 1.91. The second-order valence-electron chi connectivity index (χ2n) is 3.11. The van der Waals surface area contributed by atoms with Crippen molar-refractivity contribution in [2.75, 3.05) is 38.8 Å². The zero-order valence-electron chi connectivity index (χ0n) is 9.42. The van der Waals surface area contributed by atoms with Crippen molar-refractivity contribution < 1.29 is 28.8 Å². The average Bonchev–Trinajstić information content (AvgIpc) is 2.31. The Labute approximate surface area is 95.0 Å². The highest BCUT2D eigenvalue weighted by molar-refractivity contribution is 7.58. The van der Waals surface area contributed by atoms with Gasteiger partial charge < -0.3 is 19.5 Å². The van der Waals surface area contributed by atoms with Gasteiger partial charge in [0.05, 0.1) is 26.2 Å². The maximum absolute atomic E-state index is 11.9. The van der Waals surface area contributed by atoms with Crippen LogP contribution in [0.2, 0.25) is 0 Å². The lowest BCUT2D eigenvalue weighted by molar-refractivity contribution is -0.144. The lowest BCUT2D eigenvalue weighted by Crippen LogP contribution is -2.11. The molecule has 96 valence electrons. The van der Waals surface area contributed by atoms with E-state index in [0.29, 0.717) is 6.16 Å². The minimum absolute atomic E-state index is 0.00343. The minimum Gasteiger partial charge on any atom is -0.463 e. The van der Waals surface area contributed by atoms with Crippen LogP contribution in [0.3, 0.4) is 0 Å². The summed E-state index contributed by atoms with van der Waals surface area (Å²) < 4.78 is 21.6. The summed E-state index contributed by atoms with van der Waals surface area (Å²) in [5.41, 5.74) is 0. The lowest BCUT2D eigenvalue weighted by atomic mass is 10.5. The summed E-state index contributed by atoms with van der Waals surface area (Å²) >= 11 is 0. The van der Waals surface area contributed by atoms with E-state index in [9.17, 15) is 9.36 Å². The van der Waals surface area contributed by atoms with Crippen LogP contribution in [0.15, 0.2) is 0 Å². The van der Waals surface area contributed by atoms with Crippen LogP contribution in [0.4, 0.5) is 0 Å². The van der Waals surface area contributed by atoms with Crippen molar-refractivity contribution in [3.8, 4) is 0 Å². The van der Waals surface area contributed by atoms with E-state index >= 15 is 0 Å². The molecule has 7 heteroatoms. The zero-order valence-corrected chi connectivity index (χ0v) is 10.3. The van der Waals surface area contributed by atoms with Crippen molar-refractivity contribution in [2.24, 2.45) is 0 Å². The second-order valence-corrected chi connectivity index (χ2v) is 6.07. The van der Waals surface area contributed by atoms with E-state index in [1.807, 2.05) is 0 Å². The summed E-state index contributed by atoms with van der Waals surface area (Å²) in [5.74, 6) is -0.504. The van der Waals surface area contributed by atoms with Gasteiger partial charge in [0.25, 0.3) is 0 Å². The SMILES string of the molecule is CCP(=O)(CCC(=O)OCCO)OCCO. The Morgan fingerprint density at radius 3 is 2.38 bits per heavy atom. The van der Waals surface area contributed by atoms with Gasteiger partial charge in [0.1, 0.15) is 6.61 Å². The maximum Gasteiger partial charge on any atom is 0.306 e. The normalized spacial score (nSPS) is 14.4. The van der Waals surface area contributed by atoms with Crippen LogP contribution >= 0.6 is 7.37 Å². The van der Waals surface area contributed by atoms with Crippen LogP contribution in [-0.4, -0.2) is 54.9 Å². The minimum atomic E-state index is -2.83. The fourth-order valence-corrected chi connectivity index (χ4v) is 2.58. The molecule has 0 bridgehead atoms. The van der Waals surface area contributed by atoms with Crippen LogP contribution in [-0.2, 0) is 18.6 Å². The van der Waals surface area contributed by atoms with Crippen LogP contribution in [0, 0.1) is 0 Å². The van der Waals surface area contributed by atoms with Crippen molar-refractivity contribution in [2.45, 2.75) is 13.3 Å². The van der Waals surface area contributed by atoms with Crippen molar-refractivity contribution in [3.63, 3.8) is 0 Å². The lowest BCUT2D eigenvalue weighted by Gasteiger charge is -2.15. The van der Waals surface area contributed by atoms with E-state index in [4.69, 9.17) is 14.7 Å². The molecule has 0 rings (SSSR count). The average molecular weight is 254 g/mol. The highest BCUT2D eigenvalue weighted by Gasteiger charge is 2.22. The van der Waals surface area contributed by atoms with E-state index in [1.54, 1.807) is 6.92 Å². The van der Waals surface area contributed by atoms with Gasteiger partial charge in [-0.25, -0.2) is 0 Å². The number of carbonyl (C=O) groups is 1. The Bertz CT molecular complexity index is 242. The summed E-state index contributed by atoms with van der Waals surface area (Å²) in [6, 6.07) is 0. The summed E-state index contributed by atoms with van der Waals surface area (Å²) in [6.45, 7) is 1.25. The fraction of sp³-hybridized carbons (Fsp3) is 0.889. The molecule has 0 aliphatic carbocycles. The van der Waals surface area contributed by atoms with Crippen molar-refractivity contribution >= 4 is 13.3 Å². The third-order valence-corrected chi connectivity index (χ3v) is 4.43. The number of rotatable bonds is 9. The molecule has 0 saturated carbocycles. The zero-order chi connectivity index (χ0) is 12.4. The molecule has 2 N–H and O–H groups in total. The molecule has 0 spiro atoms. The molecule has 6 nitrogen and oxygen atoms in total. The molecule has 0 aliphatic rings. The molecular formula is C9H19O6P. The van der Waals surface area contributed by atoms with Gasteiger partial charge in [-0.2, -0.15) is 0 Å². The smallest absolute Gasteiger partial charge is 0.306 e. The molecule has 0 fully saturated rings. The second kappa shape index (κ2) is 8.70. The van der Waals surface area contributed by atoms with E-state index in [0.717, 1.165) is 0 Å². The first-order valence-corrected chi connectivity index (χ1v) is 7.17. The van der Waals surface area contributed by atoms with Crippen molar-refractivity contribution in [3.05, 3.63) is 0 Å². The van der Waals surface area contributed by atoms with Crippen molar-refractivity contribution in [1.82, 2.24) is 0 Å². The van der Waals surface area contributed by atoms with Crippen LogP contribution in [0.1, 0.15) is 13.3 Å². The number of esters is 1. The van der Waals surface area contributed by atoms with Gasteiger partial charge in [-0.05, 0) is 0 Å². The third kappa shape index (κ3) is 6.95. The van der Waals surface area contributed by atoms with Crippen LogP contribution < -0.4 is 0 Å². The molecule has 0 aliphatic heterocycles. The van der Waals surface area contributed by atoms with Gasteiger partial charge in [0.2, 0.25) is 7.37 Å². The summed E-state index contributed by atoms with van der Waals surface area (Å²) in [6.07, 6.45) is 0.421. The first-order valence-electron chi connectivity index (χ1n) is 5.18. The number of carbonyl (C=O) groups excluding carboxylic acids is 1. The van der Waals surface area contributed by atoms with Gasteiger partial charge in [0.15, 0.2) is 0 Å². The number of hydrogen-bond acceptors (Lipinski definition) is 6. The van der Waals surface area contributed by atoms with Gasteiger partial charge in [-0.15, -0.1) is 0 Å². The van der Waals surface area contributed by atoms with Gasteiger partial charge >= 0.3 is 5.97 Å². The van der Waals surface area contributed by atoms with Gasteiger partial charge in [-0.1, -0.05) is 6.92 Å². The predicted octanol–water partition coefficient (Wildman–Crippen LogP) is 0.219. The number of hydrogen-bond donors (Lipinski definition) is 2. The first kappa shape index (κ1) is 15.6. The highest BCUT2D eigenvalue weighted by atomic mass is 31.2. The molecule has 0 radical (unpaired) electrons. The Hall–Kier alpha value is -0.420. The topological polar surface area (TPSA) is 93.1 Å². The standard InChI is InChI=1S/C9H19O6P/c1-2-16(13,15-7-5-11)8-3-9(12)14-6-4-10/h10-11H,2-8H2,1H3. The first-order chi connectivity index (χ1) is 7.58.